The van der Waals surface area contributed by atoms with E-state index in [1.807, 2.05) is 0 Å². The molecule has 0 spiro atoms. The lowest BCUT2D eigenvalue weighted by atomic mass is 9.81. The van der Waals surface area contributed by atoms with Gasteiger partial charge in [-0.1, -0.05) is 54.4 Å². The summed E-state index contributed by atoms with van der Waals surface area (Å²) in [5.74, 6) is 3.58. The van der Waals surface area contributed by atoms with Gasteiger partial charge in [0.2, 0.25) is 0 Å². The Balaban J connectivity index is 3.83. The van der Waals surface area contributed by atoms with Crippen LogP contribution in [0.15, 0.2) is 0 Å². The quantitative estimate of drug-likeness (QED) is 0.559. The lowest BCUT2D eigenvalue weighted by Gasteiger charge is -2.25. The Kier molecular flexibility index (Phi) is 6.45. The van der Waals surface area contributed by atoms with Crippen molar-refractivity contribution in [2.75, 3.05) is 0 Å². The van der Waals surface area contributed by atoms with Gasteiger partial charge in [-0.2, -0.15) is 0 Å². The molecule has 4 atom stereocenters. The fraction of sp³-hybridized carbons (Fsp3) is 1.00. The average Bonchev–Trinajstić information content (AvgIpc) is 2.14. The van der Waals surface area contributed by atoms with Gasteiger partial charge >= 0.3 is 0 Å². The largest absolute Gasteiger partial charge is 0.0651 e. The molecule has 0 aliphatic carbocycles. The molecule has 0 saturated carbocycles. The van der Waals surface area contributed by atoms with Crippen LogP contribution >= 0.6 is 0 Å². The maximum absolute atomic E-state index is 2.41. The highest BCUT2D eigenvalue weighted by Crippen LogP contribution is 2.27. The predicted octanol–water partition coefficient (Wildman–Crippen LogP) is 4.74. The zero-order valence-corrected chi connectivity index (χ0v) is 10.4. The summed E-state index contributed by atoms with van der Waals surface area (Å²) < 4.78 is 0. The molecule has 80 valence electrons. The maximum Gasteiger partial charge on any atom is -0.0414 e. The van der Waals surface area contributed by atoms with E-state index in [4.69, 9.17) is 0 Å². The molecule has 0 aromatic carbocycles. The Morgan fingerprint density at radius 1 is 0.615 bits per heavy atom. The highest BCUT2D eigenvalue weighted by Gasteiger charge is 2.17. The Morgan fingerprint density at radius 2 is 0.923 bits per heavy atom. The third-order valence-corrected chi connectivity index (χ3v) is 3.97. The van der Waals surface area contributed by atoms with Gasteiger partial charge in [0.15, 0.2) is 0 Å². The molecule has 0 amide bonds. The number of hydrogen-bond acceptors (Lipinski definition) is 0. The molecule has 0 N–H and O–H groups in total. The molecule has 0 radical (unpaired) electrons. The van der Waals surface area contributed by atoms with Crippen molar-refractivity contribution in [2.45, 2.75) is 60.8 Å². The van der Waals surface area contributed by atoms with Crippen molar-refractivity contribution < 1.29 is 0 Å². The first-order chi connectivity index (χ1) is 6.02. The van der Waals surface area contributed by atoms with E-state index < -0.39 is 0 Å². The summed E-state index contributed by atoms with van der Waals surface area (Å²) in [6, 6.07) is 0. The number of rotatable bonds is 6. The second kappa shape index (κ2) is 6.45. The number of hydrogen-bond donors (Lipinski definition) is 0. The smallest absolute Gasteiger partial charge is 0.0414 e. The Bertz CT molecular complexity index is 103. The van der Waals surface area contributed by atoms with Gasteiger partial charge in [-0.15, -0.1) is 0 Å². The molecule has 0 nitrogen and oxygen atoms in total. The molecule has 0 bridgehead atoms. The first-order valence-corrected chi connectivity index (χ1v) is 6.02. The van der Waals surface area contributed by atoms with Crippen LogP contribution in [0.5, 0.6) is 0 Å². The fourth-order valence-electron chi connectivity index (χ4n) is 1.86. The summed E-state index contributed by atoms with van der Waals surface area (Å²) in [7, 11) is 0. The molecule has 0 saturated heterocycles. The van der Waals surface area contributed by atoms with E-state index in [0.29, 0.717) is 0 Å². The molecule has 0 aromatic rings. The molecule has 0 rings (SSSR count). The van der Waals surface area contributed by atoms with E-state index in [9.17, 15) is 0 Å². The van der Waals surface area contributed by atoms with Gasteiger partial charge < -0.3 is 0 Å². The van der Waals surface area contributed by atoms with E-state index in [0.717, 1.165) is 23.7 Å². The van der Waals surface area contributed by atoms with E-state index in [2.05, 4.69) is 41.5 Å². The van der Waals surface area contributed by atoms with Crippen molar-refractivity contribution in [1.82, 2.24) is 0 Å². The zero-order valence-electron chi connectivity index (χ0n) is 10.4. The van der Waals surface area contributed by atoms with Crippen molar-refractivity contribution >= 4 is 0 Å². The van der Waals surface area contributed by atoms with E-state index in [1.54, 1.807) is 0 Å². The molecular formula is C13H28. The van der Waals surface area contributed by atoms with Crippen LogP contribution < -0.4 is 0 Å². The highest BCUT2D eigenvalue weighted by atomic mass is 14.2. The topological polar surface area (TPSA) is 0 Å². The summed E-state index contributed by atoms with van der Waals surface area (Å²) in [5.41, 5.74) is 0. The van der Waals surface area contributed by atoms with Crippen molar-refractivity contribution in [2.24, 2.45) is 23.7 Å². The van der Waals surface area contributed by atoms with Crippen LogP contribution in [0.1, 0.15) is 60.8 Å². The van der Waals surface area contributed by atoms with Crippen molar-refractivity contribution in [3.63, 3.8) is 0 Å². The van der Waals surface area contributed by atoms with Crippen molar-refractivity contribution in [1.29, 1.82) is 0 Å². The minimum atomic E-state index is 0.895. The van der Waals surface area contributed by atoms with Crippen LogP contribution in [-0.4, -0.2) is 0 Å². The zero-order chi connectivity index (χ0) is 10.4. The minimum absolute atomic E-state index is 0.895. The van der Waals surface area contributed by atoms with Gasteiger partial charge in [0.05, 0.1) is 0 Å². The van der Waals surface area contributed by atoms with E-state index in [-0.39, 0.29) is 0 Å². The third kappa shape index (κ3) is 4.69. The molecule has 0 heteroatoms. The minimum Gasteiger partial charge on any atom is -0.0651 e. The standard InChI is InChI=1S/C13H28/c1-7-10(3)12(5)9-13(6)11(4)8-2/h10-13H,7-9H2,1-6H3. The van der Waals surface area contributed by atoms with Gasteiger partial charge in [-0.25, -0.2) is 0 Å². The van der Waals surface area contributed by atoms with Crippen molar-refractivity contribution in [3.05, 3.63) is 0 Å². The summed E-state index contributed by atoms with van der Waals surface area (Å²) in [6.45, 7) is 14.2. The second-order valence-electron chi connectivity index (χ2n) is 4.96. The van der Waals surface area contributed by atoms with Crippen LogP contribution in [0.25, 0.3) is 0 Å². The maximum atomic E-state index is 2.41. The Morgan fingerprint density at radius 3 is 1.15 bits per heavy atom. The monoisotopic (exact) mass is 184 g/mol. The summed E-state index contributed by atoms with van der Waals surface area (Å²) in [5, 5.41) is 0. The van der Waals surface area contributed by atoms with E-state index in [1.165, 1.54) is 19.3 Å². The fourth-order valence-corrected chi connectivity index (χ4v) is 1.86. The molecular weight excluding hydrogens is 156 g/mol. The van der Waals surface area contributed by atoms with Gasteiger partial charge in [0, 0.05) is 0 Å². The van der Waals surface area contributed by atoms with Gasteiger partial charge in [-0.3, -0.25) is 0 Å². The molecule has 0 fully saturated rings. The van der Waals surface area contributed by atoms with Crippen LogP contribution in [0, 0.1) is 23.7 Å². The van der Waals surface area contributed by atoms with Crippen molar-refractivity contribution in [3.8, 4) is 0 Å². The molecule has 0 aliphatic heterocycles. The Hall–Kier alpha value is 0. The molecule has 13 heavy (non-hydrogen) atoms. The average molecular weight is 184 g/mol. The second-order valence-corrected chi connectivity index (χ2v) is 4.96. The van der Waals surface area contributed by atoms with Gasteiger partial charge in [0.1, 0.15) is 0 Å². The molecule has 0 heterocycles. The highest BCUT2D eigenvalue weighted by molar-refractivity contribution is 4.67. The summed E-state index contributed by atoms with van der Waals surface area (Å²) >= 11 is 0. The lowest BCUT2D eigenvalue weighted by molar-refractivity contribution is 0.254. The van der Waals surface area contributed by atoms with Crippen LogP contribution in [0.4, 0.5) is 0 Å². The summed E-state index contributed by atoms with van der Waals surface area (Å²) in [6.07, 6.45) is 4.06. The Labute approximate surface area is 85.1 Å². The van der Waals surface area contributed by atoms with Gasteiger partial charge in [0.25, 0.3) is 0 Å². The van der Waals surface area contributed by atoms with Gasteiger partial charge in [-0.05, 0) is 30.1 Å². The molecule has 0 aliphatic rings. The summed E-state index contributed by atoms with van der Waals surface area (Å²) in [4.78, 5) is 0. The van der Waals surface area contributed by atoms with Crippen LogP contribution in [-0.2, 0) is 0 Å². The lowest BCUT2D eigenvalue weighted by Crippen LogP contribution is -2.15. The molecule has 0 aromatic heterocycles. The van der Waals surface area contributed by atoms with E-state index >= 15 is 0 Å². The third-order valence-electron chi connectivity index (χ3n) is 3.97. The van der Waals surface area contributed by atoms with Crippen LogP contribution in [0.3, 0.4) is 0 Å². The molecule has 4 unspecified atom stereocenters. The van der Waals surface area contributed by atoms with Crippen LogP contribution in [0.2, 0.25) is 0 Å². The first-order valence-electron chi connectivity index (χ1n) is 6.02. The SMILES string of the molecule is CCC(C)C(C)CC(C)C(C)CC. The predicted molar refractivity (Wildman–Crippen MR) is 61.9 cm³/mol. The normalized spacial score (nSPS) is 20.8. The first kappa shape index (κ1) is 13.0.